The molecule has 1 atom stereocenters. The fourth-order valence-corrected chi connectivity index (χ4v) is 6.25. The van der Waals surface area contributed by atoms with Gasteiger partial charge in [-0.2, -0.15) is 4.31 Å². The highest BCUT2D eigenvalue weighted by molar-refractivity contribution is 7.89. The summed E-state index contributed by atoms with van der Waals surface area (Å²) in [6, 6.07) is 5.05. The number of hydrogen-bond donors (Lipinski definition) is 1. The first-order valence-corrected chi connectivity index (χ1v) is 12.6. The predicted molar refractivity (Wildman–Crippen MR) is 116 cm³/mol. The van der Waals surface area contributed by atoms with Crippen LogP contribution in [-0.2, 0) is 30.8 Å². The molecule has 0 spiro atoms. The average molecular weight is 450 g/mol. The van der Waals surface area contributed by atoms with Gasteiger partial charge in [0.05, 0.1) is 11.0 Å². The van der Waals surface area contributed by atoms with Gasteiger partial charge < -0.3 is 15.0 Å². The molecule has 0 bridgehead atoms. The van der Waals surface area contributed by atoms with Crippen molar-refractivity contribution in [3.63, 3.8) is 0 Å². The maximum absolute atomic E-state index is 13.2. The van der Waals surface area contributed by atoms with Crippen molar-refractivity contribution in [2.45, 2.75) is 56.4 Å². The molecule has 3 aliphatic rings. The van der Waals surface area contributed by atoms with E-state index < -0.39 is 10.0 Å². The number of carbonyl (C=O) groups excluding carboxylic acids is 2. The summed E-state index contributed by atoms with van der Waals surface area (Å²) < 4.78 is 33.4. The van der Waals surface area contributed by atoms with E-state index in [-0.39, 0.29) is 28.7 Å². The summed E-state index contributed by atoms with van der Waals surface area (Å²) in [4.78, 5) is 26.3. The Labute approximate surface area is 184 Å². The molecule has 1 aromatic rings. The highest BCUT2D eigenvalue weighted by atomic mass is 32.2. The van der Waals surface area contributed by atoms with Crippen molar-refractivity contribution in [1.29, 1.82) is 0 Å². The number of sulfonamides is 1. The molecule has 8 nitrogen and oxygen atoms in total. The number of piperidine rings is 1. The van der Waals surface area contributed by atoms with Gasteiger partial charge in [0.1, 0.15) is 0 Å². The summed E-state index contributed by atoms with van der Waals surface area (Å²) in [5.41, 5.74) is 1.70. The molecule has 0 saturated carbocycles. The monoisotopic (exact) mass is 449 g/mol. The second kappa shape index (κ2) is 9.26. The van der Waals surface area contributed by atoms with Gasteiger partial charge in [0.25, 0.3) is 0 Å². The minimum absolute atomic E-state index is 0.00865. The third-order valence-electron chi connectivity index (χ3n) is 6.54. The molecule has 0 aromatic heterocycles. The molecule has 2 amide bonds. The van der Waals surface area contributed by atoms with Gasteiger partial charge in [0, 0.05) is 51.3 Å². The Morgan fingerprint density at radius 2 is 1.90 bits per heavy atom. The largest absolute Gasteiger partial charge is 0.376 e. The van der Waals surface area contributed by atoms with Gasteiger partial charge >= 0.3 is 0 Å². The Balaban J connectivity index is 1.38. The molecule has 31 heavy (non-hydrogen) atoms. The van der Waals surface area contributed by atoms with Gasteiger partial charge in [-0.3, -0.25) is 9.59 Å². The maximum Gasteiger partial charge on any atom is 0.243 e. The number of nitrogens with one attached hydrogen (secondary N) is 1. The van der Waals surface area contributed by atoms with Gasteiger partial charge in [0.15, 0.2) is 0 Å². The summed E-state index contributed by atoms with van der Waals surface area (Å²) >= 11 is 0. The van der Waals surface area contributed by atoms with E-state index in [0.717, 1.165) is 43.5 Å². The lowest BCUT2D eigenvalue weighted by Crippen LogP contribution is -2.44. The molecule has 3 aliphatic heterocycles. The quantitative estimate of drug-likeness (QED) is 0.738. The molecule has 170 valence electrons. The number of nitrogens with zero attached hydrogens (tertiary/aromatic N) is 2. The normalized spacial score (nSPS) is 22.9. The second-order valence-electron chi connectivity index (χ2n) is 8.62. The second-order valence-corrected chi connectivity index (χ2v) is 10.6. The van der Waals surface area contributed by atoms with Crippen LogP contribution in [0, 0.1) is 5.92 Å². The lowest BCUT2D eigenvalue weighted by atomic mass is 9.97. The van der Waals surface area contributed by atoms with Crippen molar-refractivity contribution in [2.75, 3.05) is 37.7 Å². The fourth-order valence-electron chi connectivity index (χ4n) is 4.73. The Hall–Kier alpha value is -1.97. The fraction of sp³-hybridized carbons (Fsp3) is 0.636. The molecule has 0 radical (unpaired) electrons. The van der Waals surface area contributed by atoms with Crippen molar-refractivity contribution in [3.8, 4) is 0 Å². The Bertz CT molecular complexity index is 934. The van der Waals surface area contributed by atoms with Crippen molar-refractivity contribution in [2.24, 2.45) is 5.92 Å². The zero-order valence-electron chi connectivity index (χ0n) is 18.0. The maximum atomic E-state index is 13.2. The predicted octanol–water partition coefficient (Wildman–Crippen LogP) is 1.68. The number of hydrogen-bond acceptors (Lipinski definition) is 5. The first kappa shape index (κ1) is 22.2. The van der Waals surface area contributed by atoms with Crippen LogP contribution in [0.15, 0.2) is 23.1 Å². The summed E-state index contributed by atoms with van der Waals surface area (Å²) in [6.07, 6.45) is 4.72. The third-order valence-corrected chi connectivity index (χ3v) is 8.43. The van der Waals surface area contributed by atoms with E-state index in [9.17, 15) is 18.0 Å². The van der Waals surface area contributed by atoms with E-state index in [4.69, 9.17) is 4.74 Å². The molecule has 2 fully saturated rings. The van der Waals surface area contributed by atoms with Gasteiger partial charge in [-0.25, -0.2) is 8.42 Å². The molecule has 1 unspecified atom stereocenters. The number of anilines is 1. The van der Waals surface area contributed by atoms with Crippen molar-refractivity contribution in [3.05, 3.63) is 23.8 Å². The van der Waals surface area contributed by atoms with Crippen LogP contribution in [0.2, 0.25) is 0 Å². The van der Waals surface area contributed by atoms with Gasteiger partial charge in [0.2, 0.25) is 21.8 Å². The minimum atomic E-state index is -3.63. The van der Waals surface area contributed by atoms with Crippen LogP contribution in [0.25, 0.3) is 0 Å². The highest BCUT2D eigenvalue weighted by Gasteiger charge is 2.33. The van der Waals surface area contributed by atoms with Crippen molar-refractivity contribution >= 4 is 27.5 Å². The molecule has 4 rings (SSSR count). The summed E-state index contributed by atoms with van der Waals surface area (Å²) in [5.74, 6) is -0.206. The van der Waals surface area contributed by atoms with Crippen molar-refractivity contribution < 1.29 is 22.7 Å². The van der Waals surface area contributed by atoms with Crippen LogP contribution in [0.3, 0.4) is 0 Å². The van der Waals surface area contributed by atoms with Gasteiger partial charge in [-0.15, -0.1) is 0 Å². The minimum Gasteiger partial charge on any atom is -0.376 e. The van der Waals surface area contributed by atoms with E-state index in [1.165, 1.54) is 11.2 Å². The van der Waals surface area contributed by atoms with E-state index in [1.54, 1.807) is 23.1 Å². The zero-order chi connectivity index (χ0) is 22.0. The Morgan fingerprint density at radius 1 is 1.13 bits per heavy atom. The van der Waals surface area contributed by atoms with E-state index in [0.29, 0.717) is 39.0 Å². The van der Waals surface area contributed by atoms with Crippen LogP contribution in [-0.4, -0.2) is 63.4 Å². The number of carbonyl (C=O) groups is 2. The number of amides is 2. The molecule has 1 aromatic carbocycles. The molecule has 9 heteroatoms. The Morgan fingerprint density at radius 3 is 2.58 bits per heavy atom. The smallest absolute Gasteiger partial charge is 0.243 e. The van der Waals surface area contributed by atoms with Crippen LogP contribution in [0.1, 0.15) is 44.6 Å². The first-order chi connectivity index (χ1) is 14.9. The zero-order valence-corrected chi connectivity index (χ0v) is 18.8. The number of fused-ring (bicyclic) bond motifs is 1. The van der Waals surface area contributed by atoms with E-state index in [2.05, 4.69) is 5.32 Å². The summed E-state index contributed by atoms with van der Waals surface area (Å²) in [5, 5.41) is 2.96. The molecular weight excluding hydrogens is 418 g/mol. The summed E-state index contributed by atoms with van der Waals surface area (Å²) in [6.45, 7) is 4.14. The molecule has 1 N–H and O–H groups in total. The van der Waals surface area contributed by atoms with Crippen LogP contribution >= 0.6 is 0 Å². The number of aryl methyl sites for hydroxylation is 1. The molecule has 0 aliphatic carbocycles. The standard InChI is InChI=1S/C22H31N3O5S/c1-16(26)25-10-2-4-18-14-20(6-7-21(18)25)31(28,29)24-11-8-17(9-12-24)22(27)23-15-19-5-3-13-30-19/h6-7,14,17,19H,2-5,8-13,15H2,1H3,(H,23,27). The van der Waals surface area contributed by atoms with Crippen LogP contribution < -0.4 is 10.2 Å². The number of rotatable bonds is 5. The molecule has 3 heterocycles. The number of ether oxygens (including phenoxy) is 1. The lowest BCUT2D eigenvalue weighted by molar-refractivity contribution is -0.126. The van der Waals surface area contributed by atoms with Crippen LogP contribution in [0.5, 0.6) is 0 Å². The Kier molecular flexibility index (Phi) is 6.64. The number of benzene rings is 1. The van der Waals surface area contributed by atoms with Gasteiger partial charge in [-0.1, -0.05) is 0 Å². The average Bonchev–Trinajstić information content (AvgIpc) is 3.30. The third kappa shape index (κ3) is 4.78. The van der Waals surface area contributed by atoms with E-state index >= 15 is 0 Å². The molecular formula is C22H31N3O5S. The first-order valence-electron chi connectivity index (χ1n) is 11.2. The SMILES string of the molecule is CC(=O)N1CCCc2cc(S(=O)(=O)N3CCC(C(=O)NCC4CCCO4)CC3)ccc21. The van der Waals surface area contributed by atoms with E-state index in [1.807, 2.05) is 0 Å². The topological polar surface area (TPSA) is 96.0 Å². The van der Waals surface area contributed by atoms with Gasteiger partial charge in [-0.05, 0) is 62.3 Å². The van der Waals surface area contributed by atoms with Crippen LogP contribution in [0.4, 0.5) is 5.69 Å². The molecule has 2 saturated heterocycles. The lowest BCUT2D eigenvalue weighted by Gasteiger charge is -2.32. The van der Waals surface area contributed by atoms with Crippen molar-refractivity contribution in [1.82, 2.24) is 9.62 Å². The summed E-state index contributed by atoms with van der Waals surface area (Å²) in [7, 11) is -3.63. The highest BCUT2D eigenvalue weighted by Crippen LogP contribution is 2.31.